The average molecular weight is 401 g/mol. The number of hydrogen-bond acceptors (Lipinski definition) is 6. The van der Waals surface area contributed by atoms with Crippen molar-refractivity contribution in [2.45, 2.75) is 17.7 Å². The minimum Gasteiger partial charge on any atom is -0.454 e. The smallest absolute Gasteiger partial charge is 0.271 e. The van der Waals surface area contributed by atoms with Crippen LogP contribution in [0, 0.1) is 0 Å². The SMILES string of the molecule is O=C(NN=Cc1ccc2c(c1)OCO2)c1cccc(S(=O)(=O)N2CCCC2)c1. The van der Waals surface area contributed by atoms with Crippen LogP contribution in [-0.4, -0.2) is 44.7 Å². The van der Waals surface area contributed by atoms with Gasteiger partial charge in [0.2, 0.25) is 16.8 Å². The van der Waals surface area contributed by atoms with E-state index in [-0.39, 0.29) is 17.3 Å². The predicted molar refractivity (Wildman–Crippen MR) is 102 cm³/mol. The highest BCUT2D eigenvalue weighted by atomic mass is 32.2. The highest BCUT2D eigenvalue weighted by Crippen LogP contribution is 2.32. The summed E-state index contributed by atoms with van der Waals surface area (Å²) in [4.78, 5) is 12.5. The number of benzene rings is 2. The van der Waals surface area contributed by atoms with E-state index in [0.717, 1.165) is 18.4 Å². The lowest BCUT2D eigenvalue weighted by atomic mass is 10.2. The van der Waals surface area contributed by atoms with E-state index in [4.69, 9.17) is 9.47 Å². The number of carbonyl (C=O) groups is 1. The Labute approximate surface area is 162 Å². The second-order valence-corrected chi connectivity index (χ2v) is 8.39. The normalized spacial score (nSPS) is 16.6. The van der Waals surface area contributed by atoms with Crippen molar-refractivity contribution in [2.24, 2.45) is 5.10 Å². The van der Waals surface area contributed by atoms with Gasteiger partial charge < -0.3 is 9.47 Å². The zero-order valence-corrected chi connectivity index (χ0v) is 15.8. The fourth-order valence-corrected chi connectivity index (χ4v) is 4.66. The van der Waals surface area contributed by atoms with Gasteiger partial charge in [0.1, 0.15) is 0 Å². The number of amides is 1. The van der Waals surface area contributed by atoms with Gasteiger partial charge in [0.15, 0.2) is 11.5 Å². The average Bonchev–Trinajstić information content (AvgIpc) is 3.40. The summed E-state index contributed by atoms with van der Waals surface area (Å²) in [6.45, 7) is 1.21. The molecule has 2 heterocycles. The Bertz CT molecular complexity index is 1030. The zero-order chi connectivity index (χ0) is 19.6. The zero-order valence-electron chi connectivity index (χ0n) is 15.0. The van der Waals surface area contributed by atoms with Crippen LogP contribution in [0.4, 0.5) is 0 Å². The van der Waals surface area contributed by atoms with Crippen LogP contribution in [0.25, 0.3) is 0 Å². The van der Waals surface area contributed by atoms with Crippen molar-refractivity contribution in [2.75, 3.05) is 19.9 Å². The molecule has 4 rings (SSSR count). The Morgan fingerprint density at radius 1 is 1.07 bits per heavy atom. The molecule has 1 saturated heterocycles. The van der Waals surface area contributed by atoms with E-state index >= 15 is 0 Å². The van der Waals surface area contributed by atoms with Gasteiger partial charge in [-0.2, -0.15) is 9.41 Å². The third kappa shape index (κ3) is 3.71. The summed E-state index contributed by atoms with van der Waals surface area (Å²) in [5.41, 5.74) is 3.37. The van der Waals surface area contributed by atoms with Gasteiger partial charge in [-0.05, 0) is 54.8 Å². The summed E-state index contributed by atoms with van der Waals surface area (Å²) in [7, 11) is -3.57. The maximum Gasteiger partial charge on any atom is 0.271 e. The van der Waals surface area contributed by atoms with Crippen LogP contribution in [0.3, 0.4) is 0 Å². The monoisotopic (exact) mass is 401 g/mol. The first-order valence-electron chi connectivity index (χ1n) is 8.87. The molecule has 2 aliphatic heterocycles. The number of fused-ring (bicyclic) bond motifs is 1. The van der Waals surface area contributed by atoms with Crippen molar-refractivity contribution < 1.29 is 22.7 Å². The Balaban J connectivity index is 1.45. The van der Waals surface area contributed by atoms with Gasteiger partial charge in [-0.25, -0.2) is 13.8 Å². The van der Waals surface area contributed by atoms with E-state index in [1.54, 1.807) is 30.3 Å². The number of nitrogens with one attached hydrogen (secondary N) is 1. The molecule has 1 N–H and O–H groups in total. The number of sulfonamides is 1. The number of hydrazone groups is 1. The second-order valence-electron chi connectivity index (χ2n) is 6.45. The van der Waals surface area contributed by atoms with Crippen molar-refractivity contribution >= 4 is 22.1 Å². The molecule has 0 bridgehead atoms. The molecular formula is C19H19N3O5S. The Kier molecular flexibility index (Phi) is 5.01. The van der Waals surface area contributed by atoms with Crippen LogP contribution >= 0.6 is 0 Å². The molecule has 2 aromatic carbocycles. The first-order chi connectivity index (χ1) is 13.5. The van der Waals surface area contributed by atoms with Crippen LogP contribution in [0.1, 0.15) is 28.8 Å². The molecule has 2 aliphatic rings. The minimum absolute atomic E-state index is 0.113. The van der Waals surface area contributed by atoms with E-state index < -0.39 is 15.9 Å². The molecular weight excluding hydrogens is 382 g/mol. The summed E-state index contributed by atoms with van der Waals surface area (Å²) >= 11 is 0. The molecule has 0 spiro atoms. The maximum absolute atomic E-state index is 12.6. The first-order valence-corrected chi connectivity index (χ1v) is 10.3. The molecule has 146 valence electrons. The molecule has 1 amide bonds. The van der Waals surface area contributed by atoms with Gasteiger partial charge in [-0.3, -0.25) is 4.79 Å². The summed E-state index contributed by atoms with van der Waals surface area (Å²) in [6.07, 6.45) is 3.19. The number of rotatable bonds is 5. The topological polar surface area (TPSA) is 97.3 Å². The van der Waals surface area contributed by atoms with Crippen LogP contribution < -0.4 is 14.9 Å². The standard InChI is InChI=1S/C19H19N3O5S/c23-19(21-20-12-14-6-7-17-18(10-14)27-13-26-17)15-4-3-5-16(11-15)28(24,25)22-8-1-2-9-22/h3-7,10-12H,1-2,8-9,13H2,(H,21,23). The summed E-state index contributed by atoms with van der Waals surface area (Å²) in [5.74, 6) is 0.794. The maximum atomic E-state index is 12.6. The Morgan fingerprint density at radius 3 is 2.68 bits per heavy atom. The van der Waals surface area contributed by atoms with Crippen molar-refractivity contribution in [3.8, 4) is 11.5 Å². The van der Waals surface area contributed by atoms with Crippen molar-refractivity contribution in [1.82, 2.24) is 9.73 Å². The highest BCUT2D eigenvalue weighted by Gasteiger charge is 2.27. The van der Waals surface area contributed by atoms with Crippen molar-refractivity contribution in [3.05, 3.63) is 53.6 Å². The molecule has 0 aromatic heterocycles. The lowest BCUT2D eigenvalue weighted by Gasteiger charge is -2.15. The van der Waals surface area contributed by atoms with Crippen LogP contribution in [0.15, 0.2) is 52.5 Å². The van der Waals surface area contributed by atoms with Gasteiger partial charge in [-0.15, -0.1) is 0 Å². The minimum atomic E-state index is -3.57. The van der Waals surface area contributed by atoms with Crippen LogP contribution in [0.2, 0.25) is 0 Å². The number of carbonyl (C=O) groups excluding carboxylic acids is 1. The lowest BCUT2D eigenvalue weighted by Crippen LogP contribution is -2.28. The second kappa shape index (κ2) is 7.61. The van der Waals surface area contributed by atoms with E-state index in [9.17, 15) is 13.2 Å². The van der Waals surface area contributed by atoms with Crippen molar-refractivity contribution in [1.29, 1.82) is 0 Å². The molecule has 0 radical (unpaired) electrons. The van der Waals surface area contributed by atoms with E-state index in [1.165, 1.54) is 22.7 Å². The molecule has 0 atom stereocenters. The van der Waals surface area contributed by atoms with Gasteiger partial charge in [0, 0.05) is 18.7 Å². The predicted octanol–water partition coefficient (Wildman–Crippen LogP) is 1.96. The van der Waals surface area contributed by atoms with Crippen molar-refractivity contribution in [3.63, 3.8) is 0 Å². The van der Waals surface area contributed by atoms with E-state index in [2.05, 4.69) is 10.5 Å². The molecule has 28 heavy (non-hydrogen) atoms. The summed E-state index contributed by atoms with van der Waals surface area (Å²) < 4.78 is 37.3. The molecule has 1 fully saturated rings. The summed E-state index contributed by atoms with van der Waals surface area (Å²) in [5, 5.41) is 3.93. The molecule has 0 aliphatic carbocycles. The fraction of sp³-hybridized carbons (Fsp3) is 0.263. The quantitative estimate of drug-likeness (QED) is 0.610. The first kappa shape index (κ1) is 18.5. The van der Waals surface area contributed by atoms with Gasteiger partial charge >= 0.3 is 0 Å². The lowest BCUT2D eigenvalue weighted by molar-refractivity contribution is 0.0955. The number of nitrogens with zero attached hydrogens (tertiary/aromatic N) is 2. The van der Waals surface area contributed by atoms with E-state index in [1.807, 2.05) is 0 Å². The Hall–Kier alpha value is -2.91. The van der Waals surface area contributed by atoms with Gasteiger partial charge in [0.05, 0.1) is 11.1 Å². The molecule has 0 unspecified atom stereocenters. The van der Waals surface area contributed by atoms with Gasteiger partial charge in [-0.1, -0.05) is 6.07 Å². The van der Waals surface area contributed by atoms with Gasteiger partial charge in [0.25, 0.3) is 5.91 Å². The molecule has 8 nitrogen and oxygen atoms in total. The third-order valence-corrected chi connectivity index (χ3v) is 6.47. The van der Waals surface area contributed by atoms with E-state index in [0.29, 0.717) is 24.6 Å². The molecule has 0 saturated carbocycles. The largest absolute Gasteiger partial charge is 0.454 e. The number of hydrogen-bond donors (Lipinski definition) is 1. The molecule has 2 aromatic rings. The number of ether oxygens (including phenoxy) is 2. The highest BCUT2D eigenvalue weighted by molar-refractivity contribution is 7.89. The van der Waals surface area contributed by atoms with Crippen LogP contribution in [0.5, 0.6) is 11.5 Å². The fourth-order valence-electron chi connectivity index (χ4n) is 3.10. The molecule has 9 heteroatoms. The van der Waals surface area contributed by atoms with Crippen LogP contribution in [-0.2, 0) is 10.0 Å². The summed E-state index contributed by atoms with van der Waals surface area (Å²) in [6, 6.07) is 11.3. The Morgan fingerprint density at radius 2 is 1.86 bits per heavy atom. The third-order valence-electron chi connectivity index (χ3n) is 4.58.